The molecule has 0 amide bonds. The Balaban J connectivity index is 2.46. The Morgan fingerprint density at radius 2 is 1.95 bits per heavy atom. The van der Waals surface area contributed by atoms with Crippen LogP contribution in [0, 0.1) is 0 Å². The van der Waals surface area contributed by atoms with E-state index in [9.17, 15) is 4.79 Å². The van der Waals surface area contributed by atoms with E-state index in [4.69, 9.17) is 11.6 Å². The monoisotopic (exact) mass is 374 g/mol. The second-order valence-corrected chi connectivity index (χ2v) is 6.71. The van der Waals surface area contributed by atoms with Gasteiger partial charge in [-0.1, -0.05) is 34.5 Å². The minimum atomic E-state index is 0.110. The number of hydrogen-bond acceptors (Lipinski definition) is 3. The molecule has 0 bridgehead atoms. The Morgan fingerprint density at radius 1 is 1.24 bits per heavy atom. The molecular weight excluding hydrogens is 352 g/mol. The van der Waals surface area contributed by atoms with Crippen molar-refractivity contribution in [2.24, 2.45) is 0 Å². The molecule has 1 aromatic carbocycles. The van der Waals surface area contributed by atoms with Crippen LogP contribution in [0.5, 0.6) is 0 Å². The van der Waals surface area contributed by atoms with Crippen molar-refractivity contribution < 1.29 is 4.79 Å². The molecular formula is C16H24BrClN2O. The highest BCUT2D eigenvalue weighted by Crippen LogP contribution is 2.22. The summed E-state index contributed by atoms with van der Waals surface area (Å²) in [6.45, 7) is 5.98. The normalized spacial score (nSPS) is 11.4. The maximum atomic E-state index is 12.2. The lowest BCUT2D eigenvalue weighted by Gasteiger charge is -2.21. The third kappa shape index (κ3) is 6.92. The standard InChI is InChI=1S/C16H24BrClN2O/c1-4-20(10-5-9-19(2)3)11-8-16(21)14-7-6-13(17)12-15(14)18/h6-7,12H,4-5,8-11H2,1-3H3. The van der Waals surface area contributed by atoms with E-state index in [0.717, 1.165) is 37.1 Å². The molecule has 0 aliphatic carbocycles. The van der Waals surface area contributed by atoms with Gasteiger partial charge in [0.2, 0.25) is 0 Å². The molecule has 0 heterocycles. The summed E-state index contributed by atoms with van der Waals surface area (Å²) in [7, 11) is 4.16. The fraction of sp³-hybridized carbons (Fsp3) is 0.562. The Morgan fingerprint density at radius 3 is 2.52 bits per heavy atom. The summed E-state index contributed by atoms with van der Waals surface area (Å²) < 4.78 is 0.892. The topological polar surface area (TPSA) is 23.6 Å². The summed E-state index contributed by atoms with van der Waals surface area (Å²) in [6.07, 6.45) is 1.63. The number of rotatable bonds is 9. The van der Waals surface area contributed by atoms with Crippen LogP contribution in [0.15, 0.2) is 22.7 Å². The van der Waals surface area contributed by atoms with E-state index in [1.807, 2.05) is 6.07 Å². The van der Waals surface area contributed by atoms with E-state index in [-0.39, 0.29) is 5.78 Å². The van der Waals surface area contributed by atoms with Crippen LogP contribution in [0.25, 0.3) is 0 Å². The van der Waals surface area contributed by atoms with E-state index < -0.39 is 0 Å². The first-order valence-electron chi connectivity index (χ1n) is 7.29. The van der Waals surface area contributed by atoms with Gasteiger partial charge in [-0.2, -0.15) is 0 Å². The van der Waals surface area contributed by atoms with Crippen LogP contribution in [0.2, 0.25) is 5.02 Å². The molecule has 118 valence electrons. The average molecular weight is 376 g/mol. The summed E-state index contributed by atoms with van der Waals surface area (Å²) in [5.74, 6) is 0.110. The lowest BCUT2D eigenvalue weighted by Crippen LogP contribution is -2.29. The Hall–Kier alpha value is -0.420. The van der Waals surface area contributed by atoms with Gasteiger partial charge in [0.05, 0.1) is 5.02 Å². The molecule has 1 aromatic rings. The van der Waals surface area contributed by atoms with Gasteiger partial charge < -0.3 is 9.80 Å². The number of nitrogens with zero attached hydrogens (tertiary/aromatic N) is 2. The number of hydrogen-bond donors (Lipinski definition) is 0. The van der Waals surface area contributed by atoms with Gasteiger partial charge in [-0.05, 0) is 58.3 Å². The van der Waals surface area contributed by atoms with Gasteiger partial charge in [-0.25, -0.2) is 0 Å². The van der Waals surface area contributed by atoms with Crippen molar-refractivity contribution in [3.05, 3.63) is 33.3 Å². The lowest BCUT2D eigenvalue weighted by atomic mass is 10.1. The molecule has 0 aliphatic heterocycles. The number of benzene rings is 1. The smallest absolute Gasteiger partial charge is 0.165 e. The Bertz CT molecular complexity index is 466. The van der Waals surface area contributed by atoms with Crippen LogP contribution < -0.4 is 0 Å². The molecule has 0 N–H and O–H groups in total. The molecule has 0 spiro atoms. The van der Waals surface area contributed by atoms with Crippen LogP contribution in [-0.2, 0) is 0 Å². The zero-order valence-electron chi connectivity index (χ0n) is 13.0. The van der Waals surface area contributed by atoms with Gasteiger partial charge in [0.1, 0.15) is 0 Å². The summed E-state index contributed by atoms with van der Waals surface area (Å²) in [6, 6.07) is 5.41. The van der Waals surface area contributed by atoms with Crippen LogP contribution in [0.4, 0.5) is 0 Å². The molecule has 3 nitrogen and oxygen atoms in total. The molecule has 0 radical (unpaired) electrons. The van der Waals surface area contributed by atoms with Gasteiger partial charge in [0.15, 0.2) is 5.78 Å². The third-order valence-electron chi connectivity index (χ3n) is 3.41. The summed E-state index contributed by atoms with van der Waals surface area (Å²) in [4.78, 5) is 16.7. The fourth-order valence-corrected chi connectivity index (χ4v) is 2.93. The lowest BCUT2D eigenvalue weighted by molar-refractivity contribution is 0.0964. The molecule has 1 rings (SSSR count). The molecule has 0 saturated carbocycles. The van der Waals surface area contributed by atoms with E-state index in [1.165, 1.54) is 0 Å². The Labute approximate surface area is 141 Å². The summed E-state index contributed by atoms with van der Waals surface area (Å²) in [5.41, 5.74) is 0.615. The molecule has 0 aromatic heterocycles. The van der Waals surface area contributed by atoms with Crippen molar-refractivity contribution >= 4 is 33.3 Å². The predicted molar refractivity (Wildman–Crippen MR) is 93.4 cm³/mol. The number of carbonyl (C=O) groups is 1. The van der Waals surface area contributed by atoms with E-state index in [1.54, 1.807) is 12.1 Å². The van der Waals surface area contributed by atoms with Crippen molar-refractivity contribution in [2.75, 3.05) is 40.3 Å². The first-order chi connectivity index (χ1) is 9.93. The molecule has 0 unspecified atom stereocenters. The molecule has 5 heteroatoms. The minimum Gasteiger partial charge on any atom is -0.309 e. The van der Waals surface area contributed by atoms with Crippen molar-refractivity contribution in [1.29, 1.82) is 0 Å². The Kier molecular flexibility index (Phi) is 8.49. The second-order valence-electron chi connectivity index (χ2n) is 5.39. The number of halogens is 2. The zero-order valence-corrected chi connectivity index (χ0v) is 15.4. The van der Waals surface area contributed by atoms with Crippen LogP contribution >= 0.6 is 27.5 Å². The largest absolute Gasteiger partial charge is 0.309 e. The first kappa shape index (κ1) is 18.6. The van der Waals surface area contributed by atoms with E-state index in [0.29, 0.717) is 17.0 Å². The highest BCUT2D eigenvalue weighted by atomic mass is 79.9. The van der Waals surface area contributed by atoms with Crippen LogP contribution in [0.3, 0.4) is 0 Å². The highest BCUT2D eigenvalue weighted by Gasteiger charge is 2.12. The van der Waals surface area contributed by atoms with Crippen molar-refractivity contribution in [2.45, 2.75) is 19.8 Å². The van der Waals surface area contributed by atoms with Crippen LogP contribution in [-0.4, -0.2) is 55.9 Å². The van der Waals surface area contributed by atoms with Gasteiger partial charge in [0, 0.05) is 23.0 Å². The van der Waals surface area contributed by atoms with Crippen LogP contribution in [0.1, 0.15) is 30.1 Å². The zero-order chi connectivity index (χ0) is 15.8. The minimum absolute atomic E-state index is 0.110. The molecule has 21 heavy (non-hydrogen) atoms. The molecule has 0 atom stereocenters. The second kappa shape index (κ2) is 9.57. The SMILES string of the molecule is CCN(CCCN(C)C)CCC(=O)c1ccc(Br)cc1Cl. The van der Waals surface area contributed by atoms with Crippen molar-refractivity contribution in [3.8, 4) is 0 Å². The van der Waals surface area contributed by atoms with Gasteiger partial charge in [-0.3, -0.25) is 4.79 Å². The first-order valence-corrected chi connectivity index (χ1v) is 8.46. The fourth-order valence-electron chi connectivity index (χ4n) is 2.15. The number of carbonyl (C=O) groups excluding carboxylic acids is 1. The molecule has 0 aliphatic rings. The van der Waals surface area contributed by atoms with Gasteiger partial charge in [0.25, 0.3) is 0 Å². The molecule has 0 fully saturated rings. The number of Topliss-reactive ketones (excluding diaryl/α,β-unsaturated/α-hetero) is 1. The third-order valence-corrected chi connectivity index (χ3v) is 4.22. The van der Waals surface area contributed by atoms with E-state index in [2.05, 4.69) is 46.7 Å². The average Bonchev–Trinajstić information content (AvgIpc) is 2.41. The van der Waals surface area contributed by atoms with Crippen molar-refractivity contribution in [3.63, 3.8) is 0 Å². The predicted octanol–water partition coefficient (Wildman–Crippen LogP) is 3.95. The maximum absolute atomic E-state index is 12.2. The summed E-state index contributed by atoms with van der Waals surface area (Å²) >= 11 is 9.47. The maximum Gasteiger partial charge on any atom is 0.165 e. The van der Waals surface area contributed by atoms with E-state index >= 15 is 0 Å². The molecule has 0 saturated heterocycles. The highest BCUT2D eigenvalue weighted by molar-refractivity contribution is 9.10. The van der Waals surface area contributed by atoms with Crippen molar-refractivity contribution in [1.82, 2.24) is 9.80 Å². The summed E-state index contributed by atoms with van der Waals surface area (Å²) in [5, 5.41) is 0.519. The van der Waals surface area contributed by atoms with Gasteiger partial charge in [-0.15, -0.1) is 0 Å². The number of ketones is 1. The van der Waals surface area contributed by atoms with Gasteiger partial charge >= 0.3 is 0 Å². The quantitative estimate of drug-likeness (QED) is 0.611.